The van der Waals surface area contributed by atoms with Gasteiger partial charge in [0, 0.05) is 17.6 Å². The van der Waals surface area contributed by atoms with Gasteiger partial charge in [-0.2, -0.15) is 4.31 Å². The van der Waals surface area contributed by atoms with E-state index in [2.05, 4.69) is 15.9 Å². The van der Waals surface area contributed by atoms with E-state index in [0.717, 1.165) is 4.47 Å². The lowest BCUT2D eigenvalue weighted by atomic mass is 9.89. The van der Waals surface area contributed by atoms with Gasteiger partial charge in [-0.15, -0.1) is 0 Å². The van der Waals surface area contributed by atoms with Crippen molar-refractivity contribution in [1.29, 1.82) is 0 Å². The first kappa shape index (κ1) is 14.5. The lowest BCUT2D eigenvalue weighted by Gasteiger charge is -2.39. The quantitative estimate of drug-likeness (QED) is 0.900. The summed E-state index contributed by atoms with van der Waals surface area (Å²) in [6.45, 7) is 2.15. The van der Waals surface area contributed by atoms with E-state index < -0.39 is 21.9 Å². The summed E-state index contributed by atoms with van der Waals surface area (Å²) in [5, 5.41) is 8.88. The van der Waals surface area contributed by atoms with E-state index in [0.29, 0.717) is 0 Å². The molecule has 1 atom stereocenters. The van der Waals surface area contributed by atoms with Crippen LogP contribution in [-0.2, 0) is 14.8 Å². The Kier molecular flexibility index (Phi) is 3.98. The first-order valence-corrected chi connectivity index (χ1v) is 8.04. The molecule has 0 aliphatic carbocycles. The van der Waals surface area contributed by atoms with Gasteiger partial charge in [0.15, 0.2) is 0 Å². The third kappa shape index (κ3) is 2.82. The minimum Gasteiger partial charge on any atom is -0.481 e. The van der Waals surface area contributed by atoms with Gasteiger partial charge in [-0.05, 0) is 30.2 Å². The molecule has 1 heterocycles. The van der Waals surface area contributed by atoms with E-state index >= 15 is 0 Å². The van der Waals surface area contributed by atoms with Crippen LogP contribution in [0.1, 0.15) is 6.92 Å². The molecule has 1 aromatic rings. The number of nitrogens with zero attached hydrogens (tertiary/aromatic N) is 1. The molecule has 7 heteroatoms. The highest BCUT2D eigenvalue weighted by atomic mass is 79.9. The molecule has 5 nitrogen and oxygen atoms in total. The molecule has 1 aromatic carbocycles. The Hall–Kier alpha value is -0.920. The number of benzene rings is 1. The van der Waals surface area contributed by atoms with Gasteiger partial charge >= 0.3 is 5.97 Å². The summed E-state index contributed by atoms with van der Waals surface area (Å²) in [5.74, 6) is -1.51. The monoisotopic (exact) mass is 347 g/mol. The fraction of sp³-hybridized carbons (Fsp3) is 0.417. The van der Waals surface area contributed by atoms with Gasteiger partial charge in [-0.25, -0.2) is 8.42 Å². The second-order valence-corrected chi connectivity index (χ2v) is 7.52. The van der Waals surface area contributed by atoms with Crippen LogP contribution in [0.5, 0.6) is 0 Å². The fourth-order valence-corrected chi connectivity index (χ4v) is 3.76. The third-order valence-electron chi connectivity index (χ3n) is 3.42. The van der Waals surface area contributed by atoms with E-state index in [1.807, 2.05) is 0 Å². The lowest BCUT2D eigenvalue weighted by molar-refractivity contribution is -0.144. The number of carbonyl (C=O) groups is 1. The van der Waals surface area contributed by atoms with Gasteiger partial charge in [0.25, 0.3) is 0 Å². The summed E-state index contributed by atoms with van der Waals surface area (Å²) in [7, 11) is -3.49. The highest BCUT2D eigenvalue weighted by Gasteiger charge is 2.41. The average molecular weight is 348 g/mol. The second kappa shape index (κ2) is 5.22. The number of carboxylic acid groups (broad SMARTS) is 1. The van der Waals surface area contributed by atoms with Crippen LogP contribution < -0.4 is 0 Å². The van der Waals surface area contributed by atoms with Crippen LogP contribution in [0.25, 0.3) is 0 Å². The summed E-state index contributed by atoms with van der Waals surface area (Å²) in [5.41, 5.74) is 0. The first-order chi connectivity index (χ1) is 8.82. The maximum atomic E-state index is 12.2. The van der Waals surface area contributed by atoms with E-state index in [1.54, 1.807) is 19.1 Å². The predicted molar refractivity (Wildman–Crippen MR) is 73.2 cm³/mol. The molecule has 104 valence electrons. The molecule has 0 bridgehead atoms. The maximum Gasteiger partial charge on any atom is 0.306 e. The van der Waals surface area contributed by atoms with Gasteiger partial charge < -0.3 is 5.11 Å². The number of carboxylic acids is 1. The number of halogens is 1. The second-order valence-electron chi connectivity index (χ2n) is 4.66. The zero-order chi connectivity index (χ0) is 14.2. The number of hydrogen-bond donors (Lipinski definition) is 1. The van der Waals surface area contributed by atoms with Crippen molar-refractivity contribution in [3.05, 3.63) is 28.7 Å². The minimum atomic E-state index is -3.49. The highest BCUT2D eigenvalue weighted by molar-refractivity contribution is 9.10. The molecule has 1 saturated heterocycles. The van der Waals surface area contributed by atoms with Crippen molar-refractivity contribution in [3.63, 3.8) is 0 Å². The van der Waals surface area contributed by atoms with Crippen molar-refractivity contribution in [2.45, 2.75) is 11.8 Å². The molecule has 1 N–H and O–H groups in total. The van der Waals surface area contributed by atoms with E-state index in [1.165, 1.54) is 16.4 Å². The van der Waals surface area contributed by atoms with Crippen molar-refractivity contribution in [3.8, 4) is 0 Å². The van der Waals surface area contributed by atoms with Crippen molar-refractivity contribution < 1.29 is 18.3 Å². The zero-order valence-electron chi connectivity index (χ0n) is 10.3. The molecule has 2 rings (SSSR count). The zero-order valence-corrected chi connectivity index (χ0v) is 12.7. The molecule has 0 aromatic heterocycles. The Morgan fingerprint density at radius 1 is 1.37 bits per heavy atom. The van der Waals surface area contributed by atoms with E-state index in [4.69, 9.17) is 5.11 Å². The van der Waals surface area contributed by atoms with Crippen molar-refractivity contribution >= 4 is 31.9 Å². The predicted octanol–water partition coefficient (Wildman–Crippen LogP) is 1.79. The molecule has 1 unspecified atom stereocenters. The molecule has 0 amide bonds. The van der Waals surface area contributed by atoms with Crippen molar-refractivity contribution in [2.24, 2.45) is 11.8 Å². The Balaban J connectivity index is 2.08. The summed E-state index contributed by atoms with van der Waals surface area (Å²) < 4.78 is 26.6. The number of hydrogen-bond acceptors (Lipinski definition) is 3. The molecule has 1 aliphatic heterocycles. The summed E-state index contributed by atoms with van der Waals surface area (Å²) in [6.07, 6.45) is 0. The normalized spacial score (nSPS) is 18.8. The van der Waals surface area contributed by atoms with Crippen LogP contribution in [0, 0.1) is 11.8 Å². The van der Waals surface area contributed by atoms with Crippen LogP contribution in [0.3, 0.4) is 0 Å². The molecular weight excluding hydrogens is 334 g/mol. The van der Waals surface area contributed by atoms with Gasteiger partial charge in [-0.1, -0.05) is 22.9 Å². The van der Waals surface area contributed by atoms with Gasteiger partial charge in [0.2, 0.25) is 10.0 Å². The largest absolute Gasteiger partial charge is 0.481 e. The number of sulfonamides is 1. The van der Waals surface area contributed by atoms with Crippen LogP contribution in [0.15, 0.2) is 33.6 Å². The SMILES string of the molecule is CC(C(=O)O)C1CN(S(=O)(=O)c2ccc(Br)cc2)C1. The first-order valence-electron chi connectivity index (χ1n) is 5.81. The fourth-order valence-electron chi connectivity index (χ4n) is 1.94. The summed E-state index contributed by atoms with van der Waals surface area (Å²) in [4.78, 5) is 11.1. The van der Waals surface area contributed by atoms with Crippen LogP contribution in [-0.4, -0.2) is 36.9 Å². The Bertz CT molecular complexity index is 578. The molecule has 1 fully saturated rings. The van der Waals surface area contributed by atoms with Crippen LogP contribution >= 0.6 is 15.9 Å². The van der Waals surface area contributed by atoms with Gasteiger partial charge in [-0.3, -0.25) is 4.79 Å². The number of aliphatic carboxylic acids is 1. The molecule has 0 spiro atoms. The Morgan fingerprint density at radius 2 is 1.89 bits per heavy atom. The molecule has 0 saturated carbocycles. The topological polar surface area (TPSA) is 74.7 Å². The highest BCUT2D eigenvalue weighted by Crippen LogP contribution is 2.30. The van der Waals surface area contributed by atoms with Gasteiger partial charge in [0.1, 0.15) is 0 Å². The summed E-state index contributed by atoms with van der Waals surface area (Å²) >= 11 is 3.25. The standard InChI is InChI=1S/C12H14BrNO4S/c1-8(12(15)16)9-6-14(7-9)19(17,18)11-4-2-10(13)3-5-11/h2-5,8-9H,6-7H2,1H3,(H,15,16). The Morgan fingerprint density at radius 3 is 2.37 bits per heavy atom. The van der Waals surface area contributed by atoms with Crippen LogP contribution in [0.4, 0.5) is 0 Å². The van der Waals surface area contributed by atoms with E-state index in [9.17, 15) is 13.2 Å². The van der Waals surface area contributed by atoms with Crippen LogP contribution in [0.2, 0.25) is 0 Å². The average Bonchev–Trinajstić information content (AvgIpc) is 2.26. The third-order valence-corrected chi connectivity index (χ3v) is 5.80. The summed E-state index contributed by atoms with van der Waals surface area (Å²) in [6, 6.07) is 6.41. The number of rotatable bonds is 4. The van der Waals surface area contributed by atoms with Crippen molar-refractivity contribution in [1.82, 2.24) is 4.31 Å². The van der Waals surface area contributed by atoms with Gasteiger partial charge in [0.05, 0.1) is 10.8 Å². The molecular formula is C12H14BrNO4S. The molecule has 0 radical (unpaired) electrons. The lowest BCUT2D eigenvalue weighted by Crippen LogP contribution is -2.53. The van der Waals surface area contributed by atoms with Crippen molar-refractivity contribution in [2.75, 3.05) is 13.1 Å². The van der Waals surface area contributed by atoms with E-state index in [-0.39, 0.29) is 23.9 Å². The molecule has 1 aliphatic rings. The Labute approximate surface area is 120 Å². The molecule has 19 heavy (non-hydrogen) atoms. The smallest absolute Gasteiger partial charge is 0.306 e. The minimum absolute atomic E-state index is 0.109. The maximum absolute atomic E-state index is 12.2.